The largest absolute Gasteiger partial charge is 0.299 e. The minimum absolute atomic E-state index is 0.581. The van der Waals surface area contributed by atoms with E-state index in [4.69, 9.17) is 0 Å². The molecule has 1 saturated carbocycles. The number of thiazole rings is 1. The Balaban J connectivity index is 1.28. The van der Waals surface area contributed by atoms with Crippen molar-refractivity contribution < 1.29 is 0 Å². The van der Waals surface area contributed by atoms with E-state index in [0.29, 0.717) is 5.41 Å². The summed E-state index contributed by atoms with van der Waals surface area (Å²) in [5, 5.41) is 7.58. The van der Waals surface area contributed by atoms with Crippen molar-refractivity contribution in [3.63, 3.8) is 0 Å². The van der Waals surface area contributed by atoms with Crippen molar-refractivity contribution in [2.24, 2.45) is 12.5 Å². The molecule has 6 heteroatoms. The van der Waals surface area contributed by atoms with E-state index in [-0.39, 0.29) is 0 Å². The van der Waals surface area contributed by atoms with E-state index in [1.165, 1.54) is 42.9 Å². The molecule has 1 saturated heterocycles. The van der Waals surface area contributed by atoms with Gasteiger partial charge in [-0.1, -0.05) is 0 Å². The summed E-state index contributed by atoms with van der Waals surface area (Å²) in [5.41, 5.74) is 1.91. The summed E-state index contributed by atoms with van der Waals surface area (Å²) in [6, 6.07) is 0.756. The molecule has 124 valence electrons. The number of likely N-dealkylation sites (tertiary alicyclic amines) is 1. The van der Waals surface area contributed by atoms with Crippen LogP contribution in [0.2, 0.25) is 0 Å². The van der Waals surface area contributed by atoms with Crippen molar-refractivity contribution in [2.45, 2.75) is 38.4 Å². The summed E-state index contributed by atoms with van der Waals surface area (Å²) in [6.45, 7) is 4.49. The zero-order valence-electron chi connectivity index (χ0n) is 14.0. The number of aryl methyl sites for hydroxylation is 1. The number of aromatic nitrogens is 3. The smallest absolute Gasteiger partial charge is 0.107 e. The van der Waals surface area contributed by atoms with Crippen LogP contribution in [-0.4, -0.2) is 50.7 Å². The van der Waals surface area contributed by atoms with E-state index in [0.717, 1.165) is 19.1 Å². The first-order valence-electron chi connectivity index (χ1n) is 8.43. The lowest BCUT2D eigenvalue weighted by molar-refractivity contribution is 0.139. The SMILES string of the molecule is CN(Cc1nccs1)[C@@H]1CC12CCN(Cc1cnn(C)c1)CC2. The third kappa shape index (κ3) is 3.20. The van der Waals surface area contributed by atoms with Crippen LogP contribution in [0, 0.1) is 5.41 Å². The molecule has 1 spiro atoms. The first-order valence-corrected chi connectivity index (χ1v) is 9.31. The zero-order valence-corrected chi connectivity index (χ0v) is 14.8. The highest BCUT2D eigenvalue weighted by molar-refractivity contribution is 7.09. The standard InChI is InChI=1S/C17H25N5S/c1-20(13-16-18-5-8-23-16)15-9-17(15)3-6-22(7-4-17)12-14-10-19-21(2)11-14/h5,8,10-11,15H,3-4,6-7,9,12-13H2,1-2H3/t15-/m1/s1. The molecule has 2 fully saturated rings. The molecule has 5 nitrogen and oxygen atoms in total. The Morgan fingerprint density at radius 2 is 2.22 bits per heavy atom. The lowest BCUT2D eigenvalue weighted by Gasteiger charge is -2.33. The van der Waals surface area contributed by atoms with Gasteiger partial charge < -0.3 is 0 Å². The fourth-order valence-electron chi connectivity index (χ4n) is 4.11. The van der Waals surface area contributed by atoms with Crippen LogP contribution < -0.4 is 0 Å². The van der Waals surface area contributed by atoms with Crippen LogP contribution in [0.4, 0.5) is 0 Å². The molecule has 3 heterocycles. The fraction of sp³-hybridized carbons (Fsp3) is 0.647. The molecule has 1 aliphatic heterocycles. The van der Waals surface area contributed by atoms with Crippen LogP contribution in [0.25, 0.3) is 0 Å². The lowest BCUT2D eigenvalue weighted by atomic mass is 9.92. The summed E-state index contributed by atoms with van der Waals surface area (Å²) < 4.78 is 1.89. The third-order valence-electron chi connectivity index (χ3n) is 5.56. The Labute approximate surface area is 141 Å². The van der Waals surface area contributed by atoms with E-state index in [1.807, 2.05) is 24.1 Å². The fourth-order valence-corrected chi connectivity index (χ4v) is 4.79. The Morgan fingerprint density at radius 3 is 2.87 bits per heavy atom. The van der Waals surface area contributed by atoms with Crippen LogP contribution in [0.5, 0.6) is 0 Å². The summed E-state index contributed by atoms with van der Waals surface area (Å²) in [6.07, 6.45) is 10.1. The van der Waals surface area contributed by atoms with Crippen LogP contribution in [-0.2, 0) is 20.1 Å². The highest BCUT2D eigenvalue weighted by Gasteiger charge is 2.56. The number of rotatable bonds is 5. The molecule has 0 N–H and O–H groups in total. The van der Waals surface area contributed by atoms with Crippen LogP contribution in [0.15, 0.2) is 24.0 Å². The maximum Gasteiger partial charge on any atom is 0.107 e. The Kier molecular flexibility index (Phi) is 3.99. The molecule has 23 heavy (non-hydrogen) atoms. The minimum Gasteiger partial charge on any atom is -0.299 e. The van der Waals surface area contributed by atoms with Gasteiger partial charge in [0.15, 0.2) is 0 Å². The van der Waals surface area contributed by atoms with Crippen LogP contribution in [0.3, 0.4) is 0 Å². The van der Waals surface area contributed by atoms with E-state index < -0.39 is 0 Å². The maximum absolute atomic E-state index is 4.42. The first-order chi connectivity index (χ1) is 11.1. The highest BCUT2D eigenvalue weighted by Crippen LogP contribution is 2.56. The Hall–Kier alpha value is -1.24. The average Bonchev–Trinajstić information content (AvgIpc) is 2.88. The number of hydrogen-bond donors (Lipinski definition) is 0. The summed E-state index contributed by atoms with van der Waals surface area (Å²) in [7, 11) is 4.25. The van der Waals surface area contributed by atoms with Gasteiger partial charge in [-0.25, -0.2) is 4.98 Å². The minimum atomic E-state index is 0.581. The van der Waals surface area contributed by atoms with Crippen molar-refractivity contribution in [2.75, 3.05) is 20.1 Å². The molecule has 1 aliphatic carbocycles. The van der Waals surface area contributed by atoms with Crippen molar-refractivity contribution in [1.29, 1.82) is 0 Å². The van der Waals surface area contributed by atoms with Gasteiger partial charge in [0.25, 0.3) is 0 Å². The van der Waals surface area contributed by atoms with Crippen LogP contribution in [0.1, 0.15) is 29.8 Å². The van der Waals surface area contributed by atoms with Crippen LogP contribution >= 0.6 is 11.3 Å². The molecule has 2 aromatic heterocycles. The van der Waals surface area contributed by atoms with Crippen molar-refractivity contribution >= 4 is 11.3 Å². The molecule has 0 radical (unpaired) electrons. The Morgan fingerprint density at radius 1 is 1.39 bits per heavy atom. The van der Waals surface area contributed by atoms with Crippen molar-refractivity contribution in [3.8, 4) is 0 Å². The van der Waals surface area contributed by atoms with Gasteiger partial charge in [-0.15, -0.1) is 11.3 Å². The first kappa shape index (κ1) is 15.3. The predicted molar refractivity (Wildman–Crippen MR) is 92.1 cm³/mol. The summed E-state index contributed by atoms with van der Waals surface area (Å²) in [4.78, 5) is 9.53. The third-order valence-corrected chi connectivity index (χ3v) is 6.33. The zero-order chi connectivity index (χ0) is 15.9. The second-order valence-electron chi connectivity index (χ2n) is 7.22. The van der Waals surface area contributed by atoms with Gasteiger partial charge in [0.1, 0.15) is 5.01 Å². The molecule has 2 aliphatic rings. The topological polar surface area (TPSA) is 37.2 Å². The predicted octanol–water partition coefficient (Wildman–Crippen LogP) is 2.36. The molecule has 0 amide bonds. The van der Waals surface area contributed by atoms with E-state index in [9.17, 15) is 0 Å². The quantitative estimate of drug-likeness (QED) is 0.843. The van der Waals surface area contributed by atoms with Gasteiger partial charge in [0.05, 0.1) is 12.7 Å². The average molecular weight is 331 g/mol. The van der Waals surface area contributed by atoms with E-state index in [1.54, 1.807) is 11.3 Å². The molecule has 0 bridgehead atoms. The second kappa shape index (κ2) is 6.00. The number of piperidine rings is 1. The molecule has 4 rings (SSSR count). The summed E-state index contributed by atoms with van der Waals surface area (Å²) in [5.74, 6) is 0. The number of nitrogens with zero attached hydrogens (tertiary/aromatic N) is 5. The lowest BCUT2D eigenvalue weighted by Crippen LogP contribution is -2.37. The Bertz CT molecular complexity index is 642. The van der Waals surface area contributed by atoms with Gasteiger partial charge in [-0.05, 0) is 44.8 Å². The van der Waals surface area contributed by atoms with Gasteiger partial charge in [0.2, 0.25) is 0 Å². The molecular formula is C17H25N5S. The van der Waals surface area contributed by atoms with E-state index in [2.05, 4.69) is 38.5 Å². The van der Waals surface area contributed by atoms with Gasteiger partial charge in [-0.3, -0.25) is 14.5 Å². The number of hydrogen-bond acceptors (Lipinski definition) is 5. The summed E-state index contributed by atoms with van der Waals surface area (Å²) >= 11 is 1.77. The van der Waals surface area contributed by atoms with Crippen molar-refractivity contribution in [1.82, 2.24) is 24.6 Å². The van der Waals surface area contributed by atoms with Gasteiger partial charge >= 0.3 is 0 Å². The molecular weight excluding hydrogens is 306 g/mol. The molecule has 0 unspecified atom stereocenters. The molecule has 2 aromatic rings. The monoisotopic (exact) mass is 331 g/mol. The second-order valence-corrected chi connectivity index (χ2v) is 8.20. The highest BCUT2D eigenvalue weighted by atomic mass is 32.1. The molecule has 0 aromatic carbocycles. The molecule has 1 atom stereocenters. The maximum atomic E-state index is 4.42. The van der Waals surface area contributed by atoms with Gasteiger partial charge in [0, 0.05) is 43.0 Å². The van der Waals surface area contributed by atoms with E-state index >= 15 is 0 Å². The van der Waals surface area contributed by atoms with Crippen molar-refractivity contribution in [3.05, 3.63) is 34.5 Å². The normalized spacial score (nSPS) is 23.7. The van der Waals surface area contributed by atoms with Gasteiger partial charge in [-0.2, -0.15) is 5.10 Å².